The molecule has 200 valence electrons. The van der Waals surface area contributed by atoms with Crippen molar-refractivity contribution in [3.05, 3.63) is 138 Å². The maximum Gasteiger partial charge on any atom is 0.407 e. The zero-order chi connectivity index (χ0) is 28.2. The smallest absolute Gasteiger partial charge is 0.383 e. The Hall–Kier alpha value is -3.74. The molecule has 13 heteroatoms. The summed E-state index contributed by atoms with van der Waals surface area (Å²) in [6, 6.07) is 18.6. The largest absolute Gasteiger partial charge is 0.407 e. The van der Waals surface area contributed by atoms with E-state index < -0.39 is 43.3 Å². The van der Waals surface area contributed by atoms with E-state index in [2.05, 4.69) is 0 Å². The first-order valence-electron chi connectivity index (χ1n) is 11.3. The Morgan fingerprint density at radius 1 is 0.641 bits per heavy atom. The highest BCUT2D eigenvalue weighted by atomic mass is 35.5. The lowest BCUT2D eigenvalue weighted by molar-refractivity contribution is -0.385. The SMILES string of the molecule is O=[N+]([O-])c1cccc(Cl)c1CO[Si](OCc1c(Cl)cccc1[N+](=O)[O-])(c1ccc(F)cc1)c1ccc(F)cc1. The molecular formula is C26H18Cl2F2N2O6Si. The molecule has 4 aromatic rings. The molecule has 0 aliphatic carbocycles. The average molecular weight is 591 g/mol. The molecule has 0 bridgehead atoms. The Bertz CT molecular complexity index is 1410. The quantitative estimate of drug-likeness (QED) is 0.126. The van der Waals surface area contributed by atoms with Crippen LogP contribution in [0.2, 0.25) is 10.0 Å². The zero-order valence-electron chi connectivity index (χ0n) is 19.9. The van der Waals surface area contributed by atoms with Gasteiger partial charge in [0.25, 0.3) is 11.4 Å². The van der Waals surface area contributed by atoms with Gasteiger partial charge in [-0.2, -0.15) is 0 Å². The molecule has 0 atom stereocenters. The van der Waals surface area contributed by atoms with E-state index in [9.17, 15) is 29.0 Å². The Kier molecular flexibility index (Phi) is 8.68. The molecule has 39 heavy (non-hydrogen) atoms. The fourth-order valence-electron chi connectivity index (χ4n) is 3.95. The third kappa shape index (κ3) is 6.13. The molecular weight excluding hydrogens is 573 g/mol. The predicted molar refractivity (Wildman–Crippen MR) is 144 cm³/mol. The summed E-state index contributed by atoms with van der Waals surface area (Å²) in [5, 5.41) is 24.2. The highest BCUT2D eigenvalue weighted by molar-refractivity contribution is 6.92. The molecule has 4 rings (SSSR count). The fraction of sp³-hybridized carbons (Fsp3) is 0.0769. The second-order valence-corrected chi connectivity index (χ2v) is 12.0. The first kappa shape index (κ1) is 28.3. The lowest BCUT2D eigenvalue weighted by atomic mass is 10.2. The van der Waals surface area contributed by atoms with E-state index in [0.29, 0.717) is 10.4 Å². The summed E-state index contributed by atoms with van der Waals surface area (Å²) in [4.78, 5) is 22.1. The molecule has 0 fully saturated rings. The number of hydrogen-bond donors (Lipinski definition) is 0. The van der Waals surface area contributed by atoms with Crippen molar-refractivity contribution in [1.82, 2.24) is 0 Å². The van der Waals surface area contributed by atoms with E-state index in [-0.39, 0.29) is 32.5 Å². The summed E-state index contributed by atoms with van der Waals surface area (Å²) < 4.78 is 40.6. The van der Waals surface area contributed by atoms with Crippen LogP contribution in [0, 0.1) is 31.9 Å². The molecule has 8 nitrogen and oxygen atoms in total. The topological polar surface area (TPSA) is 105 Å². The molecule has 0 radical (unpaired) electrons. The van der Waals surface area contributed by atoms with E-state index in [0.717, 1.165) is 0 Å². The van der Waals surface area contributed by atoms with Gasteiger partial charge in [0, 0.05) is 12.1 Å². The monoisotopic (exact) mass is 590 g/mol. The summed E-state index contributed by atoms with van der Waals surface area (Å²) in [7, 11) is -4.02. The van der Waals surface area contributed by atoms with Gasteiger partial charge in [-0.3, -0.25) is 20.2 Å². The van der Waals surface area contributed by atoms with Gasteiger partial charge in [0.2, 0.25) is 0 Å². The molecule has 0 spiro atoms. The normalized spacial score (nSPS) is 11.4. The first-order valence-corrected chi connectivity index (χ1v) is 13.8. The van der Waals surface area contributed by atoms with Crippen LogP contribution in [-0.4, -0.2) is 18.4 Å². The van der Waals surface area contributed by atoms with Crippen molar-refractivity contribution in [2.24, 2.45) is 0 Å². The highest BCUT2D eigenvalue weighted by Gasteiger charge is 2.44. The number of nitrogens with zero attached hydrogens (tertiary/aromatic N) is 2. The molecule has 0 unspecified atom stereocenters. The van der Waals surface area contributed by atoms with Crippen LogP contribution in [0.3, 0.4) is 0 Å². The lowest BCUT2D eigenvalue weighted by Crippen LogP contribution is -2.63. The van der Waals surface area contributed by atoms with E-state index in [1.807, 2.05) is 0 Å². The zero-order valence-corrected chi connectivity index (χ0v) is 22.4. The molecule has 0 amide bonds. The molecule has 0 N–H and O–H groups in total. The average Bonchev–Trinajstić information content (AvgIpc) is 2.91. The maximum atomic E-state index is 13.9. The van der Waals surface area contributed by atoms with Crippen LogP contribution >= 0.6 is 23.2 Å². The van der Waals surface area contributed by atoms with Crippen LogP contribution in [0.15, 0.2) is 84.9 Å². The number of benzene rings is 4. The molecule has 0 heterocycles. The van der Waals surface area contributed by atoms with Crippen molar-refractivity contribution in [2.75, 3.05) is 0 Å². The van der Waals surface area contributed by atoms with Crippen molar-refractivity contribution < 1.29 is 27.5 Å². The molecule has 0 aromatic heterocycles. The van der Waals surface area contributed by atoms with Gasteiger partial charge in [0.1, 0.15) is 11.6 Å². The molecule has 0 saturated heterocycles. The Morgan fingerprint density at radius 3 is 1.33 bits per heavy atom. The summed E-state index contributed by atoms with van der Waals surface area (Å²) in [6.45, 7) is -0.830. The molecule has 0 aliphatic rings. The van der Waals surface area contributed by atoms with Gasteiger partial charge in [0.05, 0.1) is 44.2 Å². The van der Waals surface area contributed by atoms with Crippen LogP contribution < -0.4 is 10.4 Å². The summed E-state index contributed by atoms with van der Waals surface area (Å²) in [5.41, 5.74) is -0.495. The summed E-state index contributed by atoms with van der Waals surface area (Å²) in [6.07, 6.45) is 0. The first-order chi connectivity index (χ1) is 18.6. The maximum absolute atomic E-state index is 13.9. The molecule has 0 aliphatic heterocycles. The molecule has 0 saturated carbocycles. The van der Waals surface area contributed by atoms with Crippen LogP contribution in [0.1, 0.15) is 11.1 Å². The van der Waals surface area contributed by atoms with Gasteiger partial charge in [0.15, 0.2) is 0 Å². The van der Waals surface area contributed by atoms with E-state index in [1.54, 1.807) is 0 Å². The van der Waals surface area contributed by atoms with E-state index >= 15 is 0 Å². The standard InChI is InChI=1S/C26H18Cl2F2N2O6Si/c27-23-3-1-5-25(31(33)34)21(23)15-37-39(19-11-7-17(29)8-12-19,20-13-9-18(30)10-14-20)38-16-22-24(28)4-2-6-26(22)32(35)36/h1-14H,15-16H2. The minimum absolute atomic E-state index is 0.0533. The predicted octanol–water partition coefficient (Wildman–Crippen LogP) is 6.08. The Balaban J connectivity index is 1.88. The minimum atomic E-state index is -4.02. The van der Waals surface area contributed by atoms with Gasteiger partial charge in [-0.25, -0.2) is 8.78 Å². The van der Waals surface area contributed by atoms with Gasteiger partial charge >= 0.3 is 8.56 Å². The Morgan fingerprint density at radius 2 is 1.00 bits per heavy atom. The van der Waals surface area contributed by atoms with Gasteiger partial charge in [-0.1, -0.05) is 59.6 Å². The number of nitro groups is 2. The van der Waals surface area contributed by atoms with Gasteiger partial charge in [-0.05, 0) is 46.8 Å². The summed E-state index contributed by atoms with van der Waals surface area (Å²) in [5.74, 6) is -1.10. The second kappa shape index (κ2) is 12.0. The summed E-state index contributed by atoms with van der Waals surface area (Å²) >= 11 is 12.6. The van der Waals surface area contributed by atoms with Gasteiger partial charge < -0.3 is 8.85 Å². The Labute approximate surface area is 231 Å². The van der Waals surface area contributed by atoms with E-state index in [4.69, 9.17) is 32.1 Å². The number of halogens is 4. The van der Waals surface area contributed by atoms with Crippen molar-refractivity contribution in [3.8, 4) is 0 Å². The number of hydrogen-bond acceptors (Lipinski definition) is 6. The highest BCUT2D eigenvalue weighted by Crippen LogP contribution is 2.31. The van der Waals surface area contributed by atoms with Gasteiger partial charge in [-0.15, -0.1) is 0 Å². The van der Waals surface area contributed by atoms with Crippen molar-refractivity contribution >= 4 is 53.5 Å². The van der Waals surface area contributed by atoms with E-state index in [1.165, 1.54) is 84.9 Å². The van der Waals surface area contributed by atoms with Crippen LogP contribution in [0.25, 0.3) is 0 Å². The molecule has 4 aromatic carbocycles. The third-order valence-electron chi connectivity index (χ3n) is 5.87. The van der Waals surface area contributed by atoms with Crippen LogP contribution in [0.4, 0.5) is 20.2 Å². The lowest BCUT2D eigenvalue weighted by Gasteiger charge is -2.32. The number of rotatable bonds is 10. The van der Waals surface area contributed by atoms with Crippen molar-refractivity contribution in [1.29, 1.82) is 0 Å². The second-order valence-electron chi connectivity index (χ2n) is 8.20. The minimum Gasteiger partial charge on any atom is -0.383 e. The number of nitro benzene ring substituents is 2. The van der Waals surface area contributed by atoms with Crippen LogP contribution in [-0.2, 0) is 22.1 Å². The van der Waals surface area contributed by atoms with Crippen LogP contribution in [0.5, 0.6) is 0 Å². The fourth-order valence-corrected chi connectivity index (χ4v) is 7.39. The van der Waals surface area contributed by atoms with Crippen molar-refractivity contribution in [3.63, 3.8) is 0 Å². The third-order valence-corrected chi connectivity index (χ3v) is 9.87. The van der Waals surface area contributed by atoms with Crippen molar-refractivity contribution in [2.45, 2.75) is 13.2 Å².